The second kappa shape index (κ2) is 5.74. The van der Waals surface area contributed by atoms with Crippen molar-refractivity contribution in [3.05, 3.63) is 34.4 Å². The Balaban J connectivity index is 2.42. The Bertz CT molecular complexity index is 334. The highest BCUT2D eigenvalue weighted by molar-refractivity contribution is 5.50. The lowest BCUT2D eigenvalue weighted by atomic mass is 10.3. The van der Waals surface area contributed by atoms with E-state index in [1.165, 1.54) is 24.3 Å². The summed E-state index contributed by atoms with van der Waals surface area (Å²) in [7, 11) is 0. The van der Waals surface area contributed by atoms with Gasteiger partial charge in [-0.25, -0.2) is 0 Å². The van der Waals surface area contributed by atoms with E-state index in [1.54, 1.807) is 6.29 Å². The number of hydrogen-bond donors (Lipinski definition) is 0. The zero-order chi connectivity index (χ0) is 11.1. The summed E-state index contributed by atoms with van der Waals surface area (Å²) in [5, 5.41) is 10.3. The minimum atomic E-state index is -0.467. The quantitative estimate of drug-likeness (QED) is 0.406. The van der Waals surface area contributed by atoms with E-state index in [9.17, 15) is 14.9 Å². The third-order valence-corrected chi connectivity index (χ3v) is 1.74. The first-order valence-electron chi connectivity index (χ1n) is 4.46. The summed E-state index contributed by atoms with van der Waals surface area (Å²) >= 11 is 0. The number of benzene rings is 1. The molecule has 0 atom stereocenters. The van der Waals surface area contributed by atoms with Gasteiger partial charge in [-0.15, -0.1) is 0 Å². The van der Waals surface area contributed by atoms with Crippen molar-refractivity contribution in [2.45, 2.75) is 12.8 Å². The Labute approximate surface area is 86.8 Å². The average molecular weight is 208 g/mol. The topological polar surface area (TPSA) is 69.4 Å². The lowest BCUT2D eigenvalue weighted by Gasteiger charge is -2.03. The van der Waals surface area contributed by atoms with E-state index in [-0.39, 0.29) is 5.69 Å². The van der Waals surface area contributed by atoms with Gasteiger partial charge in [0.1, 0.15) is 5.75 Å². The molecule has 0 saturated heterocycles. The Hall–Kier alpha value is -1.91. The molecule has 5 heteroatoms. The van der Waals surface area contributed by atoms with E-state index >= 15 is 0 Å². The summed E-state index contributed by atoms with van der Waals surface area (Å²) in [6.07, 6.45) is 2.70. The molecule has 0 unspecified atom stereocenters. The Morgan fingerprint density at radius 3 is 2.53 bits per heavy atom. The summed E-state index contributed by atoms with van der Waals surface area (Å²) < 4.78 is 5.24. The molecular weight excluding hydrogens is 198 g/mol. The van der Waals surface area contributed by atoms with Crippen LogP contribution in [-0.4, -0.2) is 17.8 Å². The Morgan fingerprint density at radius 2 is 2.00 bits per heavy atom. The average Bonchev–Trinajstić information content (AvgIpc) is 2.25. The van der Waals surface area contributed by atoms with Crippen LogP contribution in [0.2, 0.25) is 0 Å². The maximum absolute atomic E-state index is 10.3. The van der Waals surface area contributed by atoms with Gasteiger partial charge in [0, 0.05) is 18.6 Å². The minimum Gasteiger partial charge on any atom is -0.494 e. The predicted molar refractivity (Wildman–Crippen MR) is 53.5 cm³/mol. The maximum atomic E-state index is 10.3. The highest BCUT2D eigenvalue weighted by Crippen LogP contribution is 2.17. The van der Waals surface area contributed by atoms with Crippen molar-refractivity contribution in [2.75, 3.05) is 6.61 Å². The molecule has 1 aromatic carbocycles. The Morgan fingerprint density at radius 1 is 1.33 bits per heavy atom. The number of unbranched alkanes of at least 4 members (excludes halogenated alkanes) is 1. The second-order valence-electron chi connectivity index (χ2n) is 2.85. The lowest BCUT2D eigenvalue weighted by Crippen LogP contribution is -1.97. The third-order valence-electron chi connectivity index (χ3n) is 1.74. The third kappa shape index (κ3) is 3.76. The molecular formula is C10H10NO4. The second-order valence-corrected chi connectivity index (χ2v) is 2.85. The number of hydrogen-bond acceptors (Lipinski definition) is 4. The van der Waals surface area contributed by atoms with Gasteiger partial charge in [0.15, 0.2) is 6.29 Å². The fraction of sp³-hybridized carbons (Fsp3) is 0.300. The number of non-ortho nitro benzene ring substituents is 1. The van der Waals surface area contributed by atoms with E-state index in [0.29, 0.717) is 25.2 Å². The van der Waals surface area contributed by atoms with E-state index in [2.05, 4.69) is 0 Å². The molecule has 0 aliphatic rings. The number of nitro benzene ring substituents is 1. The van der Waals surface area contributed by atoms with Crippen molar-refractivity contribution in [3.63, 3.8) is 0 Å². The molecule has 0 amide bonds. The number of ether oxygens (including phenoxy) is 1. The highest BCUT2D eigenvalue weighted by atomic mass is 16.6. The Kier molecular flexibility index (Phi) is 4.28. The largest absolute Gasteiger partial charge is 0.494 e. The van der Waals surface area contributed by atoms with Gasteiger partial charge in [0.2, 0.25) is 0 Å². The zero-order valence-electron chi connectivity index (χ0n) is 8.01. The van der Waals surface area contributed by atoms with Gasteiger partial charge >= 0.3 is 0 Å². The van der Waals surface area contributed by atoms with Crippen molar-refractivity contribution in [1.82, 2.24) is 0 Å². The van der Waals surface area contributed by atoms with Crippen molar-refractivity contribution < 1.29 is 14.5 Å². The first-order valence-corrected chi connectivity index (χ1v) is 4.46. The molecule has 0 spiro atoms. The van der Waals surface area contributed by atoms with Crippen LogP contribution in [0, 0.1) is 10.1 Å². The minimum absolute atomic E-state index is 0.0311. The first-order chi connectivity index (χ1) is 7.24. The van der Waals surface area contributed by atoms with E-state index < -0.39 is 4.92 Å². The molecule has 0 fully saturated rings. The smallest absolute Gasteiger partial charge is 0.269 e. The summed E-state index contributed by atoms with van der Waals surface area (Å²) in [5.41, 5.74) is 0.0311. The van der Waals surface area contributed by atoms with Crippen LogP contribution in [0.3, 0.4) is 0 Å². The monoisotopic (exact) mass is 208 g/mol. The van der Waals surface area contributed by atoms with E-state index in [0.717, 1.165) is 0 Å². The molecule has 0 heterocycles. The van der Waals surface area contributed by atoms with E-state index in [4.69, 9.17) is 4.74 Å². The van der Waals surface area contributed by atoms with Crippen LogP contribution in [0.4, 0.5) is 5.69 Å². The van der Waals surface area contributed by atoms with Gasteiger partial charge in [-0.3, -0.25) is 14.9 Å². The number of rotatable bonds is 6. The molecule has 0 aliphatic heterocycles. The number of nitrogens with zero attached hydrogens (tertiary/aromatic N) is 1. The van der Waals surface area contributed by atoms with Crippen molar-refractivity contribution in [1.29, 1.82) is 0 Å². The molecule has 79 valence electrons. The van der Waals surface area contributed by atoms with E-state index in [1.807, 2.05) is 0 Å². The summed E-state index contributed by atoms with van der Waals surface area (Å²) in [6, 6.07) is 5.81. The van der Waals surface area contributed by atoms with Crippen molar-refractivity contribution >= 4 is 12.0 Å². The SMILES string of the molecule is O=[C]CCCOc1ccc([N+](=O)[O-])cc1. The van der Waals surface area contributed by atoms with Crippen LogP contribution in [0.5, 0.6) is 5.75 Å². The molecule has 0 saturated carbocycles. The molecule has 0 bridgehead atoms. The fourth-order valence-corrected chi connectivity index (χ4v) is 0.998. The zero-order valence-corrected chi connectivity index (χ0v) is 8.01. The molecule has 1 rings (SSSR count). The predicted octanol–water partition coefficient (Wildman–Crippen LogP) is 1.86. The van der Waals surface area contributed by atoms with Gasteiger partial charge in [-0.2, -0.15) is 0 Å². The van der Waals surface area contributed by atoms with Gasteiger partial charge in [0.25, 0.3) is 5.69 Å². The summed E-state index contributed by atoms with van der Waals surface area (Å²) in [6.45, 7) is 0.410. The maximum Gasteiger partial charge on any atom is 0.269 e. The number of nitro groups is 1. The molecule has 0 N–H and O–H groups in total. The van der Waals surface area contributed by atoms with Crippen LogP contribution in [-0.2, 0) is 4.79 Å². The fourth-order valence-electron chi connectivity index (χ4n) is 0.998. The normalized spacial score (nSPS) is 9.60. The van der Waals surface area contributed by atoms with Crippen LogP contribution in [0.25, 0.3) is 0 Å². The van der Waals surface area contributed by atoms with Crippen LogP contribution < -0.4 is 4.74 Å². The number of carbonyl (C=O) groups excluding carboxylic acids is 1. The van der Waals surface area contributed by atoms with Crippen LogP contribution in [0.15, 0.2) is 24.3 Å². The molecule has 1 radical (unpaired) electrons. The lowest BCUT2D eigenvalue weighted by molar-refractivity contribution is -0.384. The first kappa shape index (κ1) is 11.2. The molecule has 1 aromatic rings. The highest BCUT2D eigenvalue weighted by Gasteiger charge is 2.03. The van der Waals surface area contributed by atoms with Gasteiger partial charge in [-0.1, -0.05) is 0 Å². The van der Waals surface area contributed by atoms with Crippen molar-refractivity contribution in [3.8, 4) is 5.75 Å². The molecule has 15 heavy (non-hydrogen) atoms. The van der Waals surface area contributed by atoms with Gasteiger partial charge in [0.05, 0.1) is 11.5 Å². The van der Waals surface area contributed by atoms with Crippen molar-refractivity contribution in [2.24, 2.45) is 0 Å². The van der Waals surface area contributed by atoms with Crippen LogP contribution in [0.1, 0.15) is 12.8 Å². The van der Waals surface area contributed by atoms with Gasteiger partial charge in [-0.05, 0) is 18.6 Å². The standard InChI is InChI=1S/C10H10NO4/c12-7-1-2-8-15-10-5-3-9(4-6-10)11(13)14/h3-6H,1-2,8H2. The molecule has 0 aromatic heterocycles. The molecule has 5 nitrogen and oxygen atoms in total. The van der Waals surface area contributed by atoms with Crippen LogP contribution >= 0.6 is 0 Å². The van der Waals surface area contributed by atoms with Gasteiger partial charge < -0.3 is 4.74 Å². The summed E-state index contributed by atoms with van der Waals surface area (Å²) in [5.74, 6) is 0.562. The summed E-state index contributed by atoms with van der Waals surface area (Å²) in [4.78, 5) is 19.7. The molecule has 0 aliphatic carbocycles.